The Labute approximate surface area is 205 Å². The van der Waals surface area contributed by atoms with Crippen LogP contribution < -0.4 is 5.32 Å². The monoisotopic (exact) mass is 476 g/mol. The minimum atomic E-state index is -0.811. The quantitative estimate of drug-likeness (QED) is 0.644. The SMILES string of the molecule is O=C(O)CC1CCN(C(=O)[C@@H]2CCC[C@@H](NC(=O)OCC3c4ccccc4-c4ccccc43)C2)C1. The highest BCUT2D eigenvalue weighted by atomic mass is 16.5. The molecule has 0 radical (unpaired) electrons. The van der Waals surface area contributed by atoms with Gasteiger partial charge in [-0.2, -0.15) is 0 Å². The first-order valence-corrected chi connectivity index (χ1v) is 12.6. The van der Waals surface area contributed by atoms with Gasteiger partial charge in [0, 0.05) is 37.4 Å². The molecule has 2 aromatic carbocycles. The summed E-state index contributed by atoms with van der Waals surface area (Å²) in [6.45, 7) is 1.41. The van der Waals surface area contributed by atoms with Crippen molar-refractivity contribution in [3.8, 4) is 11.1 Å². The molecule has 0 spiro atoms. The number of rotatable bonds is 6. The van der Waals surface area contributed by atoms with Gasteiger partial charge in [0.15, 0.2) is 0 Å². The number of nitrogens with zero attached hydrogens (tertiary/aromatic N) is 1. The molecule has 2 aromatic rings. The lowest BCUT2D eigenvalue weighted by atomic mass is 9.85. The van der Waals surface area contributed by atoms with Crippen molar-refractivity contribution in [1.29, 1.82) is 0 Å². The van der Waals surface area contributed by atoms with Crippen molar-refractivity contribution in [1.82, 2.24) is 10.2 Å². The number of ether oxygens (including phenoxy) is 1. The lowest BCUT2D eigenvalue weighted by Gasteiger charge is -2.31. The predicted octanol–water partition coefficient (Wildman–Crippen LogP) is 4.41. The third kappa shape index (κ3) is 5.04. The molecule has 35 heavy (non-hydrogen) atoms. The van der Waals surface area contributed by atoms with Crippen molar-refractivity contribution in [2.45, 2.75) is 50.5 Å². The molecule has 1 saturated heterocycles. The Balaban J connectivity index is 1.14. The van der Waals surface area contributed by atoms with E-state index in [0.717, 1.165) is 25.7 Å². The van der Waals surface area contributed by atoms with Gasteiger partial charge in [0.1, 0.15) is 6.61 Å². The van der Waals surface area contributed by atoms with E-state index in [1.165, 1.54) is 22.3 Å². The maximum atomic E-state index is 13.0. The normalized spacial score (nSPS) is 23.4. The maximum Gasteiger partial charge on any atom is 0.407 e. The summed E-state index contributed by atoms with van der Waals surface area (Å²) in [5.41, 5.74) is 4.74. The van der Waals surface area contributed by atoms with Crippen LogP contribution in [0.3, 0.4) is 0 Å². The number of nitrogens with one attached hydrogen (secondary N) is 1. The van der Waals surface area contributed by atoms with E-state index < -0.39 is 12.1 Å². The zero-order valence-electron chi connectivity index (χ0n) is 19.8. The van der Waals surface area contributed by atoms with Gasteiger partial charge in [-0.1, -0.05) is 55.0 Å². The van der Waals surface area contributed by atoms with Gasteiger partial charge in [0.2, 0.25) is 5.91 Å². The summed E-state index contributed by atoms with van der Waals surface area (Å²) in [6, 6.07) is 16.4. The van der Waals surface area contributed by atoms with Crippen molar-refractivity contribution in [2.75, 3.05) is 19.7 Å². The highest BCUT2D eigenvalue weighted by Gasteiger charge is 2.35. The Morgan fingerprint density at radius 3 is 2.34 bits per heavy atom. The van der Waals surface area contributed by atoms with Crippen LogP contribution in [0, 0.1) is 11.8 Å². The van der Waals surface area contributed by atoms with Gasteiger partial charge in [-0.05, 0) is 53.9 Å². The number of carbonyl (C=O) groups excluding carboxylic acids is 2. The molecule has 184 valence electrons. The summed E-state index contributed by atoms with van der Waals surface area (Å²) in [5.74, 6) is -0.796. The molecular formula is C28H32N2O5. The van der Waals surface area contributed by atoms with Gasteiger partial charge in [0.25, 0.3) is 0 Å². The number of likely N-dealkylation sites (tertiary alicyclic amines) is 1. The number of alkyl carbamates (subject to hydrolysis) is 1. The zero-order valence-corrected chi connectivity index (χ0v) is 19.8. The van der Waals surface area contributed by atoms with Crippen LogP contribution in [0.5, 0.6) is 0 Å². The van der Waals surface area contributed by atoms with Gasteiger partial charge in [-0.25, -0.2) is 4.79 Å². The van der Waals surface area contributed by atoms with E-state index in [1.54, 1.807) is 0 Å². The molecule has 1 heterocycles. The average molecular weight is 477 g/mol. The summed E-state index contributed by atoms with van der Waals surface area (Å²) in [4.78, 5) is 38.5. The average Bonchev–Trinajstić information content (AvgIpc) is 3.44. The van der Waals surface area contributed by atoms with E-state index in [-0.39, 0.29) is 42.7 Å². The number of aliphatic carboxylic acids is 1. The Bertz CT molecular complexity index is 1070. The number of carboxylic acid groups (broad SMARTS) is 1. The van der Waals surface area contributed by atoms with Crippen molar-refractivity contribution < 1.29 is 24.2 Å². The smallest absolute Gasteiger partial charge is 0.407 e. The molecule has 3 atom stereocenters. The molecule has 1 saturated carbocycles. The highest BCUT2D eigenvalue weighted by Crippen LogP contribution is 2.44. The number of fused-ring (bicyclic) bond motifs is 3. The number of hydrogen-bond acceptors (Lipinski definition) is 4. The number of hydrogen-bond donors (Lipinski definition) is 2. The molecular weight excluding hydrogens is 444 g/mol. The maximum absolute atomic E-state index is 13.0. The van der Waals surface area contributed by atoms with Crippen LogP contribution in [0.25, 0.3) is 11.1 Å². The molecule has 5 rings (SSSR count). The number of carbonyl (C=O) groups is 3. The largest absolute Gasteiger partial charge is 0.481 e. The van der Waals surface area contributed by atoms with Crippen molar-refractivity contribution in [2.24, 2.45) is 11.8 Å². The minimum absolute atomic E-state index is 0.0164. The Morgan fingerprint density at radius 1 is 0.971 bits per heavy atom. The van der Waals surface area contributed by atoms with Crippen LogP contribution in [0.1, 0.15) is 55.6 Å². The fourth-order valence-electron chi connectivity index (χ4n) is 6.06. The van der Waals surface area contributed by atoms with E-state index in [9.17, 15) is 14.4 Å². The topological polar surface area (TPSA) is 95.9 Å². The second-order valence-electron chi connectivity index (χ2n) is 10.1. The lowest BCUT2D eigenvalue weighted by molar-refractivity contribution is -0.139. The van der Waals surface area contributed by atoms with Gasteiger partial charge in [-0.3, -0.25) is 9.59 Å². The fraction of sp³-hybridized carbons (Fsp3) is 0.464. The van der Waals surface area contributed by atoms with E-state index in [1.807, 2.05) is 29.2 Å². The summed E-state index contributed by atoms with van der Waals surface area (Å²) in [6.07, 6.45) is 3.53. The van der Waals surface area contributed by atoms with Gasteiger partial charge in [-0.15, -0.1) is 0 Å². The third-order valence-electron chi connectivity index (χ3n) is 7.75. The molecule has 2 amide bonds. The predicted molar refractivity (Wildman–Crippen MR) is 131 cm³/mol. The molecule has 3 aliphatic rings. The Hall–Kier alpha value is -3.35. The number of benzene rings is 2. The van der Waals surface area contributed by atoms with Crippen LogP contribution in [0.15, 0.2) is 48.5 Å². The number of carboxylic acids is 1. The fourth-order valence-corrected chi connectivity index (χ4v) is 6.06. The summed E-state index contributed by atoms with van der Waals surface area (Å²) >= 11 is 0. The molecule has 2 fully saturated rings. The number of amides is 2. The first-order valence-electron chi connectivity index (χ1n) is 12.6. The van der Waals surface area contributed by atoms with E-state index in [2.05, 4.69) is 29.6 Å². The first kappa shape index (κ1) is 23.4. The Morgan fingerprint density at radius 2 is 1.66 bits per heavy atom. The van der Waals surface area contributed by atoms with Crippen LogP contribution in [-0.4, -0.2) is 53.7 Å². The zero-order chi connectivity index (χ0) is 24.4. The molecule has 7 nitrogen and oxygen atoms in total. The van der Waals surface area contributed by atoms with Crippen molar-refractivity contribution in [3.63, 3.8) is 0 Å². The molecule has 0 aromatic heterocycles. The van der Waals surface area contributed by atoms with Gasteiger partial charge >= 0.3 is 12.1 Å². The van der Waals surface area contributed by atoms with E-state index in [0.29, 0.717) is 19.5 Å². The molecule has 2 N–H and O–H groups in total. The van der Waals surface area contributed by atoms with Gasteiger partial charge in [0.05, 0.1) is 0 Å². The highest BCUT2D eigenvalue weighted by molar-refractivity contribution is 5.80. The van der Waals surface area contributed by atoms with Crippen molar-refractivity contribution in [3.05, 3.63) is 59.7 Å². The van der Waals surface area contributed by atoms with Gasteiger partial charge < -0.3 is 20.1 Å². The summed E-state index contributed by atoms with van der Waals surface area (Å²) < 4.78 is 5.69. The standard InChI is InChI=1S/C28H32N2O5/c31-26(32)14-18-12-13-30(16-18)27(33)19-6-5-7-20(15-19)29-28(34)35-17-25-23-10-3-1-8-21(23)22-9-2-4-11-24(22)25/h1-4,8-11,18-20,25H,5-7,12-17H2,(H,29,34)(H,31,32)/t18?,19-,20-/m1/s1. The van der Waals surface area contributed by atoms with E-state index in [4.69, 9.17) is 9.84 Å². The van der Waals surface area contributed by atoms with Crippen molar-refractivity contribution >= 4 is 18.0 Å². The molecule has 0 bridgehead atoms. The third-order valence-corrected chi connectivity index (χ3v) is 7.75. The molecule has 7 heteroatoms. The second kappa shape index (κ2) is 10.1. The second-order valence-corrected chi connectivity index (χ2v) is 10.1. The minimum Gasteiger partial charge on any atom is -0.481 e. The van der Waals surface area contributed by atoms with Crippen LogP contribution in [-0.2, 0) is 14.3 Å². The molecule has 1 unspecified atom stereocenters. The molecule has 1 aliphatic heterocycles. The van der Waals surface area contributed by atoms with Crippen LogP contribution in [0.2, 0.25) is 0 Å². The van der Waals surface area contributed by atoms with Crippen LogP contribution in [0.4, 0.5) is 4.79 Å². The van der Waals surface area contributed by atoms with E-state index >= 15 is 0 Å². The Kier molecular flexibility index (Phi) is 6.75. The first-order chi connectivity index (χ1) is 17.0. The lowest BCUT2D eigenvalue weighted by Crippen LogP contribution is -2.43. The summed E-state index contributed by atoms with van der Waals surface area (Å²) in [7, 11) is 0. The molecule has 2 aliphatic carbocycles. The van der Waals surface area contributed by atoms with Crippen LogP contribution >= 0.6 is 0 Å². The summed E-state index contributed by atoms with van der Waals surface area (Å²) in [5, 5.41) is 12.0.